The van der Waals surface area contributed by atoms with Gasteiger partial charge in [0.2, 0.25) is 4.38 Å². The van der Waals surface area contributed by atoms with Gasteiger partial charge >= 0.3 is 0 Å². The van der Waals surface area contributed by atoms with Crippen molar-refractivity contribution in [1.82, 2.24) is 0 Å². The zero-order valence-corrected chi connectivity index (χ0v) is 21.1. The summed E-state index contributed by atoms with van der Waals surface area (Å²) < 4.78 is 5.77. The van der Waals surface area contributed by atoms with Crippen molar-refractivity contribution in [1.29, 1.82) is 0 Å². The zero-order chi connectivity index (χ0) is 23.5. The number of allylic oxidation sites excluding steroid dienone is 1. The van der Waals surface area contributed by atoms with Crippen LogP contribution in [0, 0.1) is 28.6 Å². The first-order valence-corrected chi connectivity index (χ1v) is 13.2. The van der Waals surface area contributed by atoms with Crippen LogP contribution in [0.3, 0.4) is 0 Å². The molecule has 0 aromatic rings. The number of hydrogen-bond donors (Lipinski definition) is 1. The summed E-state index contributed by atoms with van der Waals surface area (Å²) in [6, 6.07) is 0. The third kappa shape index (κ3) is 3.63. The summed E-state index contributed by atoms with van der Waals surface area (Å²) in [7, 11) is 0. The molecule has 6 atom stereocenters. The summed E-state index contributed by atoms with van der Waals surface area (Å²) in [5, 5.41) is 11.7. The van der Waals surface area contributed by atoms with Gasteiger partial charge in [-0.2, -0.15) is 0 Å². The number of carbonyl (C=O) groups excluding carboxylic acids is 3. The number of thioether (sulfide) groups is 1. The second-order valence-corrected chi connectivity index (χ2v) is 12.5. The first-order valence-electron chi connectivity index (χ1n) is 11.8. The third-order valence-corrected chi connectivity index (χ3v) is 10.1. The van der Waals surface area contributed by atoms with Crippen molar-refractivity contribution >= 4 is 45.7 Å². The molecule has 0 aromatic carbocycles. The quantitative estimate of drug-likeness (QED) is 0.598. The van der Waals surface area contributed by atoms with E-state index in [0.717, 1.165) is 43.0 Å². The Morgan fingerprint density at radius 2 is 1.97 bits per heavy atom. The molecule has 5 nitrogen and oxygen atoms in total. The van der Waals surface area contributed by atoms with E-state index in [-0.39, 0.29) is 58.8 Å². The maximum Gasteiger partial charge on any atom is 0.220 e. The topological polar surface area (TPSA) is 80.7 Å². The molecule has 0 bridgehead atoms. The second kappa shape index (κ2) is 8.31. The van der Waals surface area contributed by atoms with Gasteiger partial charge in [0, 0.05) is 24.2 Å². The molecule has 0 radical (unpaired) electrons. The van der Waals surface area contributed by atoms with Gasteiger partial charge in [-0.1, -0.05) is 31.2 Å². The second-order valence-electron chi connectivity index (χ2n) is 10.9. The van der Waals surface area contributed by atoms with Crippen molar-refractivity contribution in [3.05, 3.63) is 11.6 Å². The summed E-state index contributed by atoms with van der Waals surface area (Å²) in [5.74, 6) is 0.277. The van der Waals surface area contributed by atoms with E-state index in [4.69, 9.17) is 17.0 Å². The van der Waals surface area contributed by atoms with E-state index in [1.807, 2.05) is 20.8 Å². The fraction of sp³-hybridized carbons (Fsp3) is 0.760. The third-order valence-electron chi connectivity index (χ3n) is 8.92. The molecule has 0 aliphatic heterocycles. The van der Waals surface area contributed by atoms with E-state index >= 15 is 0 Å². The van der Waals surface area contributed by atoms with Gasteiger partial charge < -0.3 is 9.84 Å². The Hall–Kier alpha value is -1.05. The molecule has 176 valence electrons. The lowest BCUT2D eigenvalue weighted by Gasteiger charge is -2.57. The standard InChI is InChI=1S/C25H34O5S2/c1-14(2)30-22(31)32-13-20(28)25(29)10-8-18-17-6-5-15-11-16(26)7-9-23(15,3)21(17)19(27)12-24(18,25)4/h11,14,17-18,21,29H,5-10,12-13H2,1-4H3/t17-,18-,21+,23-,24-,25-/m0/s1. The number of ether oxygens (including phenoxy) is 1. The average Bonchev–Trinajstić information content (AvgIpc) is 2.97. The first-order chi connectivity index (χ1) is 14.9. The van der Waals surface area contributed by atoms with Crippen LogP contribution in [-0.4, -0.2) is 44.3 Å². The minimum Gasteiger partial charge on any atom is -0.476 e. The number of thiocarbonyl (C=S) groups is 1. The van der Waals surface area contributed by atoms with Gasteiger partial charge in [-0.05, 0) is 81.5 Å². The maximum absolute atomic E-state index is 13.6. The van der Waals surface area contributed by atoms with Gasteiger partial charge in [0.15, 0.2) is 11.6 Å². The summed E-state index contributed by atoms with van der Waals surface area (Å²) in [6.45, 7) is 7.86. The van der Waals surface area contributed by atoms with Gasteiger partial charge in [-0.3, -0.25) is 14.4 Å². The fourth-order valence-electron chi connectivity index (χ4n) is 7.32. The number of carbonyl (C=O) groups is 3. The largest absolute Gasteiger partial charge is 0.476 e. The van der Waals surface area contributed by atoms with Crippen molar-refractivity contribution in [3.8, 4) is 0 Å². The van der Waals surface area contributed by atoms with Crippen LogP contribution in [0.4, 0.5) is 0 Å². The minimum absolute atomic E-state index is 0.0549. The SMILES string of the molecule is CC(C)OC(=S)SCC(=O)[C@@]1(O)CC[C@H]2[C@@H]3CCC4=CC(=O)CC[C@]4(C)[C@H]3C(=O)C[C@@]21C. The number of fused-ring (bicyclic) bond motifs is 5. The summed E-state index contributed by atoms with van der Waals surface area (Å²) in [5.41, 5.74) is -1.41. The molecule has 4 aliphatic carbocycles. The Labute approximate surface area is 200 Å². The summed E-state index contributed by atoms with van der Waals surface area (Å²) >= 11 is 6.35. The van der Waals surface area contributed by atoms with Crippen LogP contribution in [0.1, 0.15) is 72.6 Å². The Bertz CT molecular complexity index is 895. The lowest BCUT2D eigenvalue weighted by molar-refractivity contribution is -0.167. The van der Waals surface area contributed by atoms with Crippen LogP contribution in [0.2, 0.25) is 0 Å². The smallest absolute Gasteiger partial charge is 0.220 e. The molecule has 0 aromatic heterocycles. The molecule has 3 fully saturated rings. The number of hydrogen-bond acceptors (Lipinski definition) is 7. The van der Waals surface area contributed by atoms with Crippen LogP contribution in [-0.2, 0) is 19.1 Å². The summed E-state index contributed by atoms with van der Waals surface area (Å²) in [4.78, 5) is 38.9. The van der Waals surface area contributed by atoms with Crippen LogP contribution >= 0.6 is 24.0 Å². The van der Waals surface area contributed by atoms with E-state index in [0.29, 0.717) is 17.2 Å². The van der Waals surface area contributed by atoms with Crippen LogP contribution in [0.25, 0.3) is 0 Å². The molecule has 0 amide bonds. The van der Waals surface area contributed by atoms with Crippen molar-refractivity contribution in [2.75, 3.05) is 5.75 Å². The highest BCUT2D eigenvalue weighted by molar-refractivity contribution is 8.23. The molecule has 7 heteroatoms. The average molecular weight is 479 g/mol. The molecular weight excluding hydrogens is 444 g/mol. The molecule has 0 heterocycles. The van der Waals surface area contributed by atoms with Gasteiger partial charge in [0.05, 0.1) is 11.9 Å². The molecule has 0 spiro atoms. The van der Waals surface area contributed by atoms with E-state index in [2.05, 4.69) is 6.92 Å². The van der Waals surface area contributed by atoms with Gasteiger partial charge in [-0.15, -0.1) is 0 Å². The van der Waals surface area contributed by atoms with E-state index < -0.39 is 11.0 Å². The number of Topliss-reactive ketones (excluding diaryl/α,β-unsaturated/α-hetero) is 2. The molecule has 0 unspecified atom stereocenters. The van der Waals surface area contributed by atoms with Crippen molar-refractivity contribution < 1.29 is 24.2 Å². The number of aliphatic hydroxyl groups is 1. The molecule has 32 heavy (non-hydrogen) atoms. The Morgan fingerprint density at radius 1 is 1.25 bits per heavy atom. The molecule has 4 aliphatic rings. The van der Waals surface area contributed by atoms with E-state index in [1.54, 1.807) is 6.08 Å². The van der Waals surface area contributed by atoms with Gasteiger partial charge in [0.1, 0.15) is 11.4 Å². The van der Waals surface area contributed by atoms with Crippen LogP contribution < -0.4 is 0 Å². The molecule has 3 saturated carbocycles. The predicted molar refractivity (Wildman–Crippen MR) is 128 cm³/mol. The number of ketones is 3. The Morgan fingerprint density at radius 3 is 2.66 bits per heavy atom. The normalized spacial score (nSPS) is 40.9. The van der Waals surface area contributed by atoms with Crippen LogP contribution in [0.5, 0.6) is 0 Å². The van der Waals surface area contributed by atoms with Crippen molar-refractivity contribution in [3.63, 3.8) is 0 Å². The number of rotatable bonds is 4. The lowest BCUT2D eigenvalue weighted by Crippen LogP contribution is -2.60. The predicted octanol–water partition coefficient (Wildman–Crippen LogP) is 4.44. The highest BCUT2D eigenvalue weighted by Gasteiger charge is 2.68. The molecule has 4 rings (SSSR count). The van der Waals surface area contributed by atoms with Crippen molar-refractivity contribution in [2.24, 2.45) is 28.6 Å². The Balaban J connectivity index is 1.57. The molecular formula is C25H34O5S2. The lowest BCUT2D eigenvalue weighted by atomic mass is 9.46. The maximum atomic E-state index is 13.6. The first kappa shape index (κ1) is 24.1. The zero-order valence-electron chi connectivity index (χ0n) is 19.4. The van der Waals surface area contributed by atoms with Gasteiger partial charge in [0.25, 0.3) is 0 Å². The molecule has 0 saturated heterocycles. The molecule has 1 N–H and O–H groups in total. The Kier molecular flexibility index (Phi) is 6.26. The fourth-order valence-corrected chi connectivity index (χ4v) is 8.43. The van der Waals surface area contributed by atoms with Crippen molar-refractivity contribution in [2.45, 2.75) is 84.3 Å². The summed E-state index contributed by atoms with van der Waals surface area (Å²) in [6.07, 6.45) is 5.97. The van der Waals surface area contributed by atoms with E-state index in [1.165, 1.54) is 0 Å². The van der Waals surface area contributed by atoms with Gasteiger partial charge in [-0.25, -0.2) is 0 Å². The van der Waals surface area contributed by atoms with Crippen LogP contribution in [0.15, 0.2) is 11.6 Å². The highest BCUT2D eigenvalue weighted by Crippen LogP contribution is 2.66. The minimum atomic E-state index is -1.52. The van der Waals surface area contributed by atoms with E-state index in [9.17, 15) is 19.5 Å². The monoisotopic (exact) mass is 478 g/mol. The highest BCUT2D eigenvalue weighted by atomic mass is 32.2.